The van der Waals surface area contributed by atoms with Gasteiger partial charge in [-0.15, -0.1) is 0 Å². The Morgan fingerprint density at radius 1 is 0.914 bits per heavy atom. The Kier molecular flexibility index (Phi) is 6.60. The minimum atomic E-state index is -0.701. The van der Waals surface area contributed by atoms with E-state index in [1.54, 1.807) is 18.9 Å². The topological polar surface area (TPSA) is 90.5 Å². The number of fused-ring (bicyclic) bond motifs is 4. The summed E-state index contributed by atoms with van der Waals surface area (Å²) in [4.78, 5) is 41.9. The normalized spacial score (nSPS) is 26.1. The molecule has 0 unspecified atom stereocenters. The zero-order valence-electron chi connectivity index (χ0n) is 20.4. The Hall–Kier alpha value is -3.19. The number of hydrogen-bond donors (Lipinski definition) is 3. The lowest BCUT2D eigenvalue weighted by atomic mass is 9.87. The highest BCUT2D eigenvalue weighted by atomic mass is 16.2. The molecule has 35 heavy (non-hydrogen) atoms. The second-order valence-corrected chi connectivity index (χ2v) is 9.98. The molecule has 5 atom stereocenters. The van der Waals surface area contributed by atoms with Crippen molar-refractivity contribution in [3.63, 3.8) is 0 Å². The molecule has 0 bridgehead atoms. The van der Waals surface area contributed by atoms with E-state index in [9.17, 15) is 14.4 Å². The number of nitrogens with zero attached hydrogens (tertiary/aromatic N) is 1. The maximum absolute atomic E-state index is 13.9. The zero-order valence-corrected chi connectivity index (χ0v) is 20.4. The van der Waals surface area contributed by atoms with E-state index in [1.165, 1.54) is 11.1 Å². The third-order valence-corrected chi connectivity index (χ3v) is 7.91. The van der Waals surface area contributed by atoms with Gasteiger partial charge in [0.1, 0.15) is 12.1 Å². The second-order valence-electron chi connectivity index (χ2n) is 9.98. The van der Waals surface area contributed by atoms with Crippen LogP contribution in [0.2, 0.25) is 0 Å². The molecule has 0 saturated carbocycles. The van der Waals surface area contributed by atoms with Gasteiger partial charge in [0.05, 0.1) is 18.1 Å². The van der Waals surface area contributed by atoms with Crippen molar-refractivity contribution in [1.82, 2.24) is 20.9 Å². The first-order valence-corrected chi connectivity index (χ1v) is 12.7. The molecule has 3 aliphatic rings. The number of nitrogens with one attached hydrogen (secondary N) is 3. The summed E-state index contributed by atoms with van der Waals surface area (Å²) >= 11 is 0. The Morgan fingerprint density at radius 3 is 2.40 bits per heavy atom. The maximum atomic E-state index is 13.9. The maximum Gasteiger partial charge on any atom is 0.246 e. The number of benzene rings is 2. The Balaban J connectivity index is 1.42. The molecule has 184 valence electrons. The number of aryl methyl sites for hydroxylation is 1. The standard InChI is InChI=1S/C28H34N4O3/c1-17(29-2)26(33)31-23-16-19-9-4-6-12-21(19)24-14-15-25(32(24)28(23)35)27(34)30-22-13-7-10-18-8-3-5-11-20(18)22/h3-6,8-9,11-12,17,22-25,29H,7,10,13-16H2,1-2H3,(H,30,34)(H,31,33)/t17-,22-,23-,24+,25-/m0/s1. The van der Waals surface area contributed by atoms with E-state index in [-0.39, 0.29) is 29.8 Å². The Bertz CT molecular complexity index is 1130. The van der Waals surface area contributed by atoms with E-state index < -0.39 is 18.1 Å². The van der Waals surface area contributed by atoms with Gasteiger partial charge in [-0.1, -0.05) is 48.5 Å². The summed E-state index contributed by atoms with van der Waals surface area (Å²) in [7, 11) is 1.72. The molecule has 3 amide bonds. The molecular formula is C28H34N4O3. The molecule has 5 rings (SSSR count). The summed E-state index contributed by atoms with van der Waals surface area (Å²) in [5.74, 6) is -0.499. The van der Waals surface area contributed by atoms with Crippen LogP contribution in [-0.2, 0) is 27.2 Å². The number of amides is 3. The van der Waals surface area contributed by atoms with Crippen molar-refractivity contribution in [2.75, 3.05) is 7.05 Å². The van der Waals surface area contributed by atoms with Crippen molar-refractivity contribution in [1.29, 1.82) is 0 Å². The third-order valence-electron chi connectivity index (χ3n) is 7.91. The third kappa shape index (κ3) is 4.45. The van der Waals surface area contributed by atoms with Gasteiger partial charge in [-0.25, -0.2) is 0 Å². The van der Waals surface area contributed by atoms with E-state index in [2.05, 4.69) is 34.1 Å². The largest absolute Gasteiger partial charge is 0.347 e. The molecule has 0 radical (unpaired) electrons. The summed E-state index contributed by atoms with van der Waals surface area (Å²) in [5.41, 5.74) is 4.60. The predicted molar refractivity (Wildman–Crippen MR) is 133 cm³/mol. The van der Waals surface area contributed by atoms with Gasteiger partial charge in [-0.05, 0) is 68.3 Å². The number of carbonyl (C=O) groups is 3. The summed E-state index contributed by atoms with van der Waals surface area (Å²) in [6, 6.07) is 14.5. The lowest BCUT2D eigenvalue weighted by Crippen LogP contribution is -2.55. The second kappa shape index (κ2) is 9.82. The molecule has 2 aromatic rings. The van der Waals surface area contributed by atoms with Gasteiger partial charge in [0.15, 0.2) is 0 Å². The van der Waals surface area contributed by atoms with Gasteiger partial charge < -0.3 is 20.9 Å². The summed E-state index contributed by atoms with van der Waals surface area (Å²) in [6.07, 6.45) is 4.73. The average molecular weight is 475 g/mol. The van der Waals surface area contributed by atoms with Crippen LogP contribution in [0.4, 0.5) is 0 Å². The smallest absolute Gasteiger partial charge is 0.246 e. The molecule has 3 N–H and O–H groups in total. The highest BCUT2D eigenvalue weighted by molar-refractivity contribution is 5.94. The molecular weight excluding hydrogens is 440 g/mol. The summed E-state index contributed by atoms with van der Waals surface area (Å²) < 4.78 is 0. The quantitative estimate of drug-likeness (QED) is 0.621. The minimum absolute atomic E-state index is 0.0344. The molecule has 2 aliphatic heterocycles. The molecule has 7 heteroatoms. The van der Waals surface area contributed by atoms with Gasteiger partial charge >= 0.3 is 0 Å². The van der Waals surface area contributed by atoms with Crippen LogP contribution in [0.25, 0.3) is 0 Å². The first-order chi connectivity index (χ1) is 17.0. The van der Waals surface area contributed by atoms with E-state index in [0.29, 0.717) is 12.8 Å². The first-order valence-electron chi connectivity index (χ1n) is 12.7. The number of rotatable bonds is 5. The van der Waals surface area contributed by atoms with Crippen LogP contribution < -0.4 is 16.0 Å². The molecule has 0 spiro atoms. The van der Waals surface area contributed by atoms with Crippen molar-refractivity contribution in [2.45, 2.75) is 75.7 Å². The van der Waals surface area contributed by atoms with E-state index >= 15 is 0 Å². The molecule has 1 aliphatic carbocycles. The number of hydrogen-bond acceptors (Lipinski definition) is 4. The van der Waals surface area contributed by atoms with Crippen molar-refractivity contribution < 1.29 is 14.4 Å². The van der Waals surface area contributed by atoms with Gasteiger partial charge in [-0.3, -0.25) is 14.4 Å². The molecule has 1 fully saturated rings. The average Bonchev–Trinajstić information content (AvgIpc) is 3.28. The Morgan fingerprint density at radius 2 is 1.63 bits per heavy atom. The van der Waals surface area contributed by atoms with Crippen LogP contribution in [0, 0.1) is 0 Å². The predicted octanol–water partition coefficient (Wildman–Crippen LogP) is 2.56. The number of carbonyl (C=O) groups excluding carboxylic acids is 3. The minimum Gasteiger partial charge on any atom is -0.347 e. The SMILES string of the molecule is CN[C@@H](C)C(=O)N[C@H]1Cc2ccccc2[C@H]2CC[C@@H](C(=O)N[C@H]3CCCc4ccccc43)N2C1=O. The monoisotopic (exact) mass is 474 g/mol. The highest BCUT2D eigenvalue weighted by Crippen LogP contribution is 2.41. The molecule has 7 nitrogen and oxygen atoms in total. The molecule has 2 heterocycles. The van der Waals surface area contributed by atoms with Crippen LogP contribution in [0.5, 0.6) is 0 Å². The molecule has 0 aromatic heterocycles. The van der Waals surface area contributed by atoms with Gasteiger partial charge in [0.25, 0.3) is 0 Å². The van der Waals surface area contributed by atoms with Crippen LogP contribution in [0.15, 0.2) is 48.5 Å². The fraction of sp³-hybridized carbons (Fsp3) is 0.464. The van der Waals surface area contributed by atoms with Crippen molar-refractivity contribution in [3.05, 3.63) is 70.8 Å². The van der Waals surface area contributed by atoms with E-state index in [4.69, 9.17) is 0 Å². The van der Waals surface area contributed by atoms with E-state index in [0.717, 1.165) is 36.8 Å². The fourth-order valence-corrected chi connectivity index (χ4v) is 5.93. The van der Waals surface area contributed by atoms with Gasteiger partial charge in [0.2, 0.25) is 17.7 Å². The van der Waals surface area contributed by atoms with Crippen molar-refractivity contribution >= 4 is 17.7 Å². The van der Waals surface area contributed by atoms with Crippen LogP contribution in [0.1, 0.15) is 66.9 Å². The fourth-order valence-electron chi connectivity index (χ4n) is 5.93. The lowest BCUT2D eigenvalue weighted by molar-refractivity contribution is -0.143. The first kappa shape index (κ1) is 23.5. The molecule has 1 saturated heterocycles. The van der Waals surface area contributed by atoms with Crippen molar-refractivity contribution in [2.24, 2.45) is 0 Å². The lowest BCUT2D eigenvalue weighted by Gasteiger charge is -2.33. The van der Waals surface area contributed by atoms with Crippen LogP contribution in [0.3, 0.4) is 0 Å². The summed E-state index contributed by atoms with van der Waals surface area (Å²) in [6.45, 7) is 1.77. The number of likely N-dealkylation sites (N-methyl/N-ethyl adjacent to an activating group) is 1. The highest BCUT2D eigenvalue weighted by Gasteiger charge is 2.47. The van der Waals surface area contributed by atoms with Crippen LogP contribution in [-0.4, -0.2) is 47.8 Å². The van der Waals surface area contributed by atoms with Crippen molar-refractivity contribution in [3.8, 4) is 0 Å². The summed E-state index contributed by atoms with van der Waals surface area (Å²) in [5, 5.41) is 9.14. The zero-order chi connectivity index (χ0) is 24.5. The van der Waals surface area contributed by atoms with Crippen LogP contribution >= 0.6 is 0 Å². The van der Waals surface area contributed by atoms with E-state index in [1.807, 2.05) is 30.3 Å². The van der Waals surface area contributed by atoms with Gasteiger partial charge in [0, 0.05) is 6.42 Å². The Labute approximate surface area is 206 Å². The molecule has 2 aromatic carbocycles. The van der Waals surface area contributed by atoms with Gasteiger partial charge in [-0.2, -0.15) is 0 Å².